The highest BCUT2D eigenvalue weighted by Gasteiger charge is 1.96. The van der Waals surface area contributed by atoms with Crippen molar-refractivity contribution in [3.8, 4) is 11.5 Å². The summed E-state index contributed by atoms with van der Waals surface area (Å²) >= 11 is 0. The van der Waals surface area contributed by atoms with Gasteiger partial charge in [0.05, 0.1) is 33.4 Å². The Morgan fingerprint density at radius 1 is 0.947 bits per heavy atom. The minimum atomic E-state index is 0.274. The first-order chi connectivity index (χ1) is 9.36. The average Bonchev–Trinajstić information content (AvgIpc) is 2.46. The van der Waals surface area contributed by atoms with E-state index in [1.807, 2.05) is 24.3 Å². The van der Waals surface area contributed by atoms with Gasteiger partial charge in [-0.1, -0.05) is 0 Å². The SMILES string of the molecule is COc1ccc(OCCCCCC[NH2+]CCO)cc1. The Morgan fingerprint density at radius 2 is 1.63 bits per heavy atom. The lowest BCUT2D eigenvalue weighted by molar-refractivity contribution is -0.656. The maximum absolute atomic E-state index is 8.62. The number of nitrogens with two attached hydrogens (primary N) is 1. The van der Waals surface area contributed by atoms with Crippen LogP contribution in [-0.2, 0) is 0 Å². The number of aliphatic hydroxyl groups excluding tert-OH is 1. The van der Waals surface area contributed by atoms with E-state index in [0.29, 0.717) is 0 Å². The number of rotatable bonds is 11. The smallest absolute Gasteiger partial charge is 0.119 e. The summed E-state index contributed by atoms with van der Waals surface area (Å²) in [5, 5.41) is 10.8. The zero-order chi connectivity index (χ0) is 13.8. The van der Waals surface area contributed by atoms with Gasteiger partial charge in [0, 0.05) is 0 Å². The highest BCUT2D eigenvalue weighted by atomic mass is 16.5. The molecule has 0 saturated carbocycles. The molecule has 0 aliphatic carbocycles. The minimum absolute atomic E-state index is 0.274. The molecule has 0 bridgehead atoms. The number of unbranched alkanes of at least 4 members (excludes halogenated alkanes) is 3. The number of benzene rings is 1. The van der Waals surface area contributed by atoms with Gasteiger partial charge in [-0.25, -0.2) is 0 Å². The Morgan fingerprint density at radius 3 is 2.32 bits per heavy atom. The number of ether oxygens (including phenoxy) is 2. The molecule has 0 aliphatic rings. The van der Waals surface area contributed by atoms with Crippen LogP contribution in [0.4, 0.5) is 0 Å². The van der Waals surface area contributed by atoms with E-state index < -0.39 is 0 Å². The molecule has 0 aromatic heterocycles. The molecule has 3 N–H and O–H groups in total. The second-order valence-corrected chi connectivity index (χ2v) is 4.53. The van der Waals surface area contributed by atoms with Crippen molar-refractivity contribution < 1.29 is 19.9 Å². The predicted molar refractivity (Wildman–Crippen MR) is 75.7 cm³/mol. The Hall–Kier alpha value is -1.26. The van der Waals surface area contributed by atoms with E-state index >= 15 is 0 Å². The molecular formula is C15H26NO3+. The van der Waals surface area contributed by atoms with E-state index in [1.54, 1.807) is 7.11 Å². The second kappa shape index (κ2) is 10.6. The van der Waals surface area contributed by atoms with Gasteiger partial charge in [0.15, 0.2) is 0 Å². The fourth-order valence-electron chi connectivity index (χ4n) is 1.84. The molecule has 0 amide bonds. The average molecular weight is 268 g/mol. The molecule has 0 spiro atoms. The summed E-state index contributed by atoms with van der Waals surface area (Å²) in [6.07, 6.45) is 4.73. The van der Waals surface area contributed by atoms with Gasteiger partial charge in [0.1, 0.15) is 11.5 Å². The highest BCUT2D eigenvalue weighted by Crippen LogP contribution is 2.17. The monoisotopic (exact) mass is 268 g/mol. The Labute approximate surface area is 115 Å². The molecule has 0 atom stereocenters. The summed E-state index contributed by atoms with van der Waals surface area (Å²) in [6, 6.07) is 7.68. The van der Waals surface area contributed by atoms with Gasteiger partial charge in [-0.15, -0.1) is 0 Å². The van der Waals surface area contributed by atoms with E-state index in [9.17, 15) is 0 Å². The van der Waals surface area contributed by atoms with Gasteiger partial charge in [-0.05, 0) is 49.9 Å². The molecule has 0 heterocycles. The number of aliphatic hydroxyl groups is 1. The molecule has 4 nitrogen and oxygen atoms in total. The van der Waals surface area contributed by atoms with E-state index in [2.05, 4.69) is 5.32 Å². The largest absolute Gasteiger partial charge is 0.497 e. The number of methoxy groups -OCH3 is 1. The van der Waals surface area contributed by atoms with Crippen molar-refractivity contribution in [3.63, 3.8) is 0 Å². The van der Waals surface area contributed by atoms with Crippen LogP contribution in [0.25, 0.3) is 0 Å². The van der Waals surface area contributed by atoms with Crippen LogP contribution in [0.15, 0.2) is 24.3 Å². The first-order valence-electron chi connectivity index (χ1n) is 7.06. The van der Waals surface area contributed by atoms with Crippen molar-refractivity contribution in [3.05, 3.63) is 24.3 Å². The van der Waals surface area contributed by atoms with Crippen molar-refractivity contribution in [2.24, 2.45) is 0 Å². The quantitative estimate of drug-likeness (QED) is 0.593. The lowest BCUT2D eigenvalue weighted by Gasteiger charge is -2.06. The van der Waals surface area contributed by atoms with Crippen LogP contribution in [0.2, 0.25) is 0 Å². The third-order valence-electron chi connectivity index (χ3n) is 2.96. The van der Waals surface area contributed by atoms with Crippen LogP contribution in [0.5, 0.6) is 11.5 Å². The molecule has 0 radical (unpaired) electrons. The van der Waals surface area contributed by atoms with Crippen molar-refractivity contribution in [1.29, 1.82) is 0 Å². The number of hydrogen-bond donors (Lipinski definition) is 2. The predicted octanol–water partition coefficient (Wildman–Crippen LogP) is 1.19. The van der Waals surface area contributed by atoms with Gasteiger partial charge in [-0.3, -0.25) is 0 Å². The van der Waals surface area contributed by atoms with E-state index in [0.717, 1.165) is 37.6 Å². The van der Waals surface area contributed by atoms with E-state index in [1.165, 1.54) is 19.3 Å². The molecular weight excluding hydrogens is 242 g/mol. The standard InChI is InChI=1S/C15H25NO3/c1-18-14-6-8-15(9-7-14)19-13-5-3-2-4-10-16-11-12-17/h6-9,16-17H,2-5,10-13H2,1H3/p+1. The first-order valence-corrected chi connectivity index (χ1v) is 7.06. The Bertz CT molecular complexity index is 314. The van der Waals surface area contributed by atoms with Gasteiger partial charge >= 0.3 is 0 Å². The van der Waals surface area contributed by atoms with Crippen LogP contribution in [0.3, 0.4) is 0 Å². The Kier molecular flexibility index (Phi) is 8.85. The Balaban J connectivity index is 1.95. The van der Waals surface area contributed by atoms with E-state index in [-0.39, 0.29) is 6.61 Å². The van der Waals surface area contributed by atoms with Gasteiger partial charge in [-0.2, -0.15) is 0 Å². The molecule has 1 rings (SSSR count). The summed E-state index contributed by atoms with van der Waals surface area (Å²) < 4.78 is 10.7. The molecule has 19 heavy (non-hydrogen) atoms. The molecule has 0 unspecified atom stereocenters. The second-order valence-electron chi connectivity index (χ2n) is 4.53. The van der Waals surface area contributed by atoms with Gasteiger partial charge in [0.2, 0.25) is 0 Å². The van der Waals surface area contributed by atoms with Crippen molar-refractivity contribution in [1.82, 2.24) is 0 Å². The number of hydrogen-bond acceptors (Lipinski definition) is 3. The van der Waals surface area contributed by atoms with Gasteiger partial charge < -0.3 is 19.9 Å². The summed E-state index contributed by atoms with van der Waals surface area (Å²) in [5.74, 6) is 1.75. The van der Waals surface area contributed by atoms with Crippen molar-refractivity contribution in [2.45, 2.75) is 25.7 Å². The zero-order valence-electron chi connectivity index (χ0n) is 11.8. The summed E-state index contributed by atoms with van der Waals surface area (Å²) in [7, 11) is 1.66. The molecule has 1 aromatic carbocycles. The molecule has 4 heteroatoms. The van der Waals surface area contributed by atoms with Crippen LogP contribution in [-0.4, -0.2) is 38.5 Å². The fourth-order valence-corrected chi connectivity index (χ4v) is 1.84. The lowest BCUT2D eigenvalue weighted by atomic mass is 10.2. The summed E-state index contributed by atoms with van der Waals surface area (Å²) in [6.45, 7) is 2.98. The maximum atomic E-state index is 8.62. The fraction of sp³-hybridized carbons (Fsp3) is 0.600. The van der Waals surface area contributed by atoms with Gasteiger partial charge in [0.25, 0.3) is 0 Å². The lowest BCUT2D eigenvalue weighted by Crippen LogP contribution is -2.85. The first kappa shape index (κ1) is 15.8. The summed E-state index contributed by atoms with van der Waals surface area (Å²) in [4.78, 5) is 0. The van der Waals surface area contributed by atoms with Crippen LogP contribution in [0.1, 0.15) is 25.7 Å². The van der Waals surface area contributed by atoms with Crippen molar-refractivity contribution >= 4 is 0 Å². The molecule has 0 fully saturated rings. The molecule has 1 aromatic rings. The number of quaternary nitrogens is 1. The normalized spacial score (nSPS) is 10.4. The third-order valence-corrected chi connectivity index (χ3v) is 2.96. The van der Waals surface area contributed by atoms with Crippen molar-refractivity contribution in [2.75, 3.05) is 33.4 Å². The molecule has 0 saturated heterocycles. The minimum Gasteiger partial charge on any atom is -0.497 e. The third kappa shape index (κ3) is 7.70. The van der Waals surface area contributed by atoms with Crippen LogP contribution in [0, 0.1) is 0 Å². The molecule has 108 valence electrons. The van der Waals surface area contributed by atoms with E-state index in [4.69, 9.17) is 14.6 Å². The van der Waals surface area contributed by atoms with Crippen LogP contribution >= 0.6 is 0 Å². The maximum Gasteiger partial charge on any atom is 0.119 e. The molecule has 0 aliphatic heterocycles. The zero-order valence-corrected chi connectivity index (χ0v) is 11.8. The summed E-state index contributed by atoms with van der Waals surface area (Å²) in [5.41, 5.74) is 0. The van der Waals surface area contributed by atoms with Crippen LogP contribution < -0.4 is 14.8 Å². The highest BCUT2D eigenvalue weighted by molar-refractivity contribution is 5.31. The topological polar surface area (TPSA) is 55.3 Å².